The van der Waals surface area contributed by atoms with E-state index in [0.717, 1.165) is 11.3 Å². The molecule has 0 saturated carbocycles. The second kappa shape index (κ2) is 5.76. The molecule has 1 N–H and O–H groups in total. The smallest absolute Gasteiger partial charge is 0.308 e. The molecule has 0 bridgehead atoms. The number of hydrogen-bond acceptors (Lipinski definition) is 1. The van der Waals surface area contributed by atoms with Crippen LogP contribution in [0.4, 0.5) is 16.2 Å². The highest BCUT2D eigenvalue weighted by atomic mass is 35.5. The molecule has 0 aliphatic carbocycles. The van der Waals surface area contributed by atoms with Gasteiger partial charge in [-0.15, -0.1) is 0 Å². The van der Waals surface area contributed by atoms with Gasteiger partial charge in [0.05, 0.1) is 0 Å². The third-order valence-corrected chi connectivity index (χ3v) is 3.07. The summed E-state index contributed by atoms with van der Waals surface area (Å²) in [5.41, 5.74) is 2.72. The third-order valence-electron chi connectivity index (χ3n) is 2.82. The Labute approximate surface area is 117 Å². The van der Waals surface area contributed by atoms with Crippen LogP contribution < -0.4 is 10.2 Å². The van der Waals surface area contributed by atoms with Gasteiger partial charge in [-0.05, 0) is 43.3 Å². The Bertz CT molecular complexity index is 564. The molecule has 0 aliphatic rings. The number of urea groups is 1. The van der Waals surface area contributed by atoms with Crippen LogP contribution in [0.25, 0.3) is 0 Å². The molecule has 2 rings (SSSR count). The first-order valence-corrected chi connectivity index (χ1v) is 6.31. The number of halogens is 1. The summed E-state index contributed by atoms with van der Waals surface area (Å²) >= 11 is 5.80. The third kappa shape index (κ3) is 3.48. The van der Waals surface area contributed by atoms with Gasteiger partial charge in [-0.25, -0.2) is 4.79 Å². The number of nitrogens with one attached hydrogen (secondary N) is 1. The van der Waals surface area contributed by atoms with Crippen LogP contribution in [0, 0.1) is 6.92 Å². The normalized spacial score (nSPS) is 10.1. The van der Waals surface area contributed by atoms with Crippen molar-refractivity contribution in [2.24, 2.45) is 0 Å². The van der Waals surface area contributed by atoms with Crippen molar-refractivity contribution < 1.29 is 4.79 Å². The second-order valence-electron chi connectivity index (χ2n) is 4.33. The first kappa shape index (κ1) is 13.4. The largest absolute Gasteiger partial charge is 0.326 e. The monoisotopic (exact) mass is 274 g/mol. The lowest BCUT2D eigenvalue weighted by molar-refractivity contribution is 0.258. The Morgan fingerprint density at radius 1 is 1.05 bits per heavy atom. The molecule has 0 aliphatic heterocycles. The van der Waals surface area contributed by atoms with E-state index in [1.165, 1.54) is 0 Å². The van der Waals surface area contributed by atoms with E-state index in [0.29, 0.717) is 10.7 Å². The van der Waals surface area contributed by atoms with Crippen molar-refractivity contribution in [1.29, 1.82) is 0 Å². The maximum Gasteiger partial charge on any atom is 0.326 e. The number of carbonyl (C=O) groups excluding carboxylic acids is 1. The van der Waals surface area contributed by atoms with E-state index in [9.17, 15) is 4.79 Å². The Morgan fingerprint density at radius 2 is 1.63 bits per heavy atom. The van der Waals surface area contributed by atoms with Crippen LogP contribution in [0.1, 0.15) is 5.56 Å². The van der Waals surface area contributed by atoms with Gasteiger partial charge in [-0.1, -0.05) is 29.3 Å². The van der Waals surface area contributed by atoms with Crippen molar-refractivity contribution in [3.8, 4) is 0 Å². The van der Waals surface area contributed by atoms with Gasteiger partial charge in [0, 0.05) is 23.4 Å². The predicted octanol–water partition coefficient (Wildman–Crippen LogP) is 4.32. The molecule has 0 radical (unpaired) electrons. The Hall–Kier alpha value is -2.00. The van der Waals surface area contributed by atoms with Gasteiger partial charge in [0.25, 0.3) is 0 Å². The van der Waals surface area contributed by atoms with Gasteiger partial charge in [0.15, 0.2) is 0 Å². The van der Waals surface area contributed by atoms with E-state index in [2.05, 4.69) is 5.32 Å². The molecular formula is C15H15ClN2O. The van der Waals surface area contributed by atoms with Crippen LogP contribution >= 0.6 is 11.6 Å². The van der Waals surface area contributed by atoms with Crippen molar-refractivity contribution in [3.05, 3.63) is 59.1 Å². The first-order valence-electron chi connectivity index (χ1n) is 5.93. The summed E-state index contributed by atoms with van der Waals surface area (Å²) in [6, 6.07) is 14.6. The number of amides is 2. The fraction of sp³-hybridized carbons (Fsp3) is 0.133. The Kier molecular flexibility index (Phi) is 4.07. The standard InChI is InChI=1S/C15H15ClN2O/c1-11-3-9-14(10-4-11)18(2)15(19)17-13-7-5-12(16)6-8-13/h3-10H,1-2H3,(H,17,19). The number of carbonyl (C=O) groups is 1. The van der Waals surface area contributed by atoms with Gasteiger partial charge < -0.3 is 5.32 Å². The number of anilines is 2. The van der Waals surface area contributed by atoms with Crippen LogP contribution in [0.5, 0.6) is 0 Å². The molecule has 19 heavy (non-hydrogen) atoms. The van der Waals surface area contributed by atoms with Crippen LogP contribution in [0.2, 0.25) is 5.02 Å². The highest BCUT2D eigenvalue weighted by molar-refractivity contribution is 6.30. The van der Waals surface area contributed by atoms with Crippen LogP contribution in [0.3, 0.4) is 0 Å². The highest BCUT2D eigenvalue weighted by Crippen LogP contribution is 2.17. The summed E-state index contributed by atoms with van der Waals surface area (Å²) < 4.78 is 0. The molecule has 0 atom stereocenters. The molecule has 0 unspecified atom stereocenters. The maximum atomic E-state index is 12.1. The molecule has 0 spiro atoms. The molecule has 98 valence electrons. The van der Waals surface area contributed by atoms with Crippen LogP contribution in [-0.4, -0.2) is 13.1 Å². The lowest BCUT2D eigenvalue weighted by Crippen LogP contribution is -2.31. The van der Waals surface area contributed by atoms with E-state index in [-0.39, 0.29) is 6.03 Å². The van der Waals surface area contributed by atoms with Crippen LogP contribution in [0.15, 0.2) is 48.5 Å². The number of benzene rings is 2. The molecule has 2 amide bonds. The summed E-state index contributed by atoms with van der Waals surface area (Å²) in [5.74, 6) is 0. The average molecular weight is 275 g/mol. The Balaban J connectivity index is 2.07. The second-order valence-corrected chi connectivity index (χ2v) is 4.77. The minimum absolute atomic E-state index is 0.189. The van der Waals surface area contributed by atoms with E-state index in [1.807, 2.05) is 31.2 Å². The zero-order valence-corrected chi connectivity index (χ0v) is 11.6. The van der Waals surface area contributed by atoms with Gasteiger partial charge in [0.1, 0.15) is 0 Å². The topological polar surface area (TPSA) is 32.3 Å². The summed E-state index contributed by atoms with van der Waals surface area (Å²) in [6.45, 7) is 2.01. The van der Waals surface area contributed by atoms with E-state index >= 15 is 0 Å². The van der Waals surface area contributed by atoms with Gasteiger partial charge in [0.2, 0.25) is 0 Å². The molecular weight excluding hydrogens is 260 g/mol. The van der Waals surface area contributed by atoms with Crippen LogP contribution in [-0.2, 0) is 0 Å². The SMILES string of the molecule is Cc1ccc(N(C)C(=O)Nc2ccc(Cl)cc2)cc1. The van der Waals surface area contributed by atoms with E-state index in [4.69, 9.17) is 11.6 Å². The van der Waals surface area contributed by atoms with E-state index < -0.39 is 0 Å². The Morgan fingerprint density at radius 3 is 2.21 bits per heavy atom. The molecule has 0 aromatic heterocycles. The van der Waals surface area contributed by atoms with E-state index in [1.54, 1.807) is 36.2 Å². The van der Waals surface area contributed by atoms with Crippen molar-refractivity contribution in [3.63, 3.8) is 0 Å². The number of hydrogen-bond donors (Lipinski definition) is 1. The summed E-state index contributed by atoms with van der Waals surface area (Å²) in [4.78, 5) is 13.6. The molecule has 0 heterocycles. The summed E-state index contributed by atoms with van der Waals surface area (Å²) in [7, 11) is 1.73. The zero-order valence-electron chi connectivity index (χ0n) is 10.9. The maximum absolute atomic E-state index is 12.1. The number of aryl methyl sites for hydroxylation is 1. The lowest BCUT2D eigenvalue weighted by atomic mass is 10.2. The summed E-state index contributed by atoms with van der Waals surface area (Å²) in [6.07, 6.45) is 0. The van der Waals surface area contributed by atoms with Gasteiger partial charge >= 0.3 is 6.03 Å². The molecule has 0 fully saturated rings. The predicted molar refractivity (Wildman–Crippen MR) is 80.1 cm³/mol. The van der Waals surface area contributed by atoms with Crippen molar-refractivity contribution >= 4 is 29.0 Å². The minimum atomic E-state index is -0.189. The molecule has 2 aromatic carbocycles. The lowest BCUT2D eigenvalue weighted by Gasteiger charge is -2.18. The van der Waals surface area contributed by atoms with Crippen molar-refractivity contribution in [1.82, 2.24) is 0 Å². The van der Waals surface area contributed by atoms with Crippen molar-refractivity contribution in [2.45, 2.75) is 6.92 Å². The quantitative estimate of drug-likeness (QED) is 0.869. The minimum Gasteiger partial charge on any atom is -0.308 e. The van der Waals surface area contributed by atoms with Gasteiger partial charge in [-0.2, -0.15) is 0 Å². The fourth-order valence-corrected chi connectivity index (χ4v) is 1.75. The molecule has 3 nitrogen and oxygen atoms in total. The van der Waals surface area contributed by atoms with Crippen molar-refractivity contribution in [2.75, 3.05) is 17.3 Å². The zero-order chi connectivity index (χ0) is 13.8. The average Bonchev–Trinajstić information content (AvgIpc) is 2.41. The number of nitrogens with zero attached hydrogens (tertiary/aromatic N) is 1. The number of rotatable bonds is 2. The molecule has 0 saturated heterocycles. The first-order chi connectivity index (χ1) is 9.06. The fourth-order valence-electron chi connectivity index (χ4n) is 1.63. The molecule has 2 aromatic rings. The highest BCUT2D eigenvalue weighted by Gasteiger charge is 2.10. The summed E-state index contributed by atoms with van der Waals surface area (Å²) in [5, 5.41) is 3.45. The van der Waals surface area contributed by atoms with Gasteiger partial charge in [-0.3, -0.25) is 4.90 Å². The molecule has 4 heteroatoms.